The normalized spacial score (nSPS) is 13.6. The predicted octanol–water partition coefficient (Wildman–Crippen LogP) is 25.4. The molecular formula is C98H58N8O2S. The van der Waals surface area contributed by atoms with Crippen molar-refractivity contribution in [3.8, 4) is 102 Å². The number of furan rings is 2. The van der Waals surface area contributed by atoms with Crippen LogP contribution in [-0.2, 0) is 5.41 Å². The highest BCUT2D eigenvalue weighted by Gasteiger charge is 2.42. The van der Waals surface area contributed by atoms with Crippen LogP contribution in [0.1, 0.15) is 23.6 Å². The Kier molecular flexibility index (Phi) is 13.2. The smallest absolute Gasteiger partial charge is 0.164 e. The number of thiophene rings is 1. The largest absolute Gasteiger partial charge is 0.456 e. The third kappa shape index (κ3) is 9.21. The average molecular weight is 1410 g/mol. The Hall–Kier alpha value is -14.3. The quantitative estimate of drug-likeness (QED) is 0.133. The monoisotopic (exact) mass is 1410 g/mol. The van der Waals surface area contributed by atoms with Gasteiger partial charge in [-0.1, -0.05) is 237 Å². The number of rotatable bonds is 10. The van der Waals surface area contributed by atoms with Gasteiger partial charge in [0.05, 0.1) is 22.1 Å². The van der Waals surface area contributed by atoms with Crippen molar-refractivity contribution in [1.29, 1.82) is 0 Å². The molecule has 1 atom stereocenters. The Balaban J connectivity index is 0.701. The van der Waals surface area contributed by atoms with Crippen molar-refractivity contribution in [2.75, 3.05) is 0 Å². The molecule has 10 nitrogen and oxygen atoms in total. The van der Waals surface area contributed by atoms with Gasteiger partial charge >= 0.3 is 0 Å². The second-order valence-corrected chi connectivity index (χ2v) is 29.5. The lowest BCUT2D eigenvalue weighted by atomic mass is 9.74. The Labute approximate surface area is 627 Å². The molecule has 22 aromatic rings. The second-order valence-electron chi connectivity index (χ2n) is 28.5. The van der Waals surface area contributed by atoms with Gasteiger partial charge in [-0.3, -0.25) is 0 Å². The van der Waals surface area contributed by atoms with Crippen molar-refractivity contribution in [3.63, 3.8) is 0 Å². The van der Waals surface area contributed by atoms with E-state index >= 15 is 0 Å². The van der Waals surface area contributed by atoms with E-state index in [2.05, 4.69) is 259 Å². The van der Waals surface area contributed by atoms with Crippen LogP contribution >= 0.6 is 11.3 Å². The van der Waals surface area contributed by atoms with Gasteiger partial charge in [-0.2, -0.15) is 0 Å². The Morgan fingerprint density at radius 2 is 0.771 bits per heavy atom. The van der Waals surface area contributed by atoms with Crippen LogP contribution in [0.15, 0.2) is 342 Å². The number of fused-ring (bicyclic) bond motifs is 20. The molecule has 15 aromatic carbocycles. The standard InChI is InChI=1S/C98H58N8O2S/c1-98(62-32-12-5-13-33-62)74-39-18-14-34-66(74)87-75(98)48-49-78-88(87)67-35-15-19-40-76(67)106(78)64-45-53-83-73(56-64)85-70(38-23-43-84(85)109-83)96-101-94(59-28-10-4-11-29-59)100-95(104-96)61-31-22-30-60(54-61)65-46-47-71(97-102-92(57-24-6-2-7-25-57)99-93(103-97)58-26-8-3-9-27-58)86-72-55-63(44-51-81(72)108-91(65)86)105-77-41-20-16-36-68(77)89-79(105)50-52-82-90(89)69-37-17-21-42-80(69)107-82/h2-56H,1H3. The Bertz CT molecular complexity index is 7510. The lowest BCUT2D eigenvalue weighted by Gasteiger charge is -2.28. The molecule has 0 spiro atoms. The zero-order chi connectivity index (χ0) is 71.6. The zero-order valence-corrected chi connectivity index (χ0v) is 59.4. The summed E-state index contributed by atoms with van der Waals surface area (Å²) in [6.07, 6.45) is 0. The molecule has 7 heterocycles. The van der Waals surface area contributed by atoms with E-state index in [1.165, 1.54) is 43.3 Å². The molecule has 23 rings (SSSR count). The fourth-order valence-electron chi connectivity index (χ4n) is 17.6. The number of hydrogen-bond acceptors (Lipinski definition) is 9. The molecule has 11 heteroatoms. The van der Waals surface area contributed by atoms with Crippen molar-refractivity contribution < 1.29 is 8.83 Å². The van der Waals surface area contributed by atoms with Crippen LogP contribution in [0.2, 0.25) is 0 Å². The van der Waals surface area contributed by atoms with Crippen LogP contribution in [0.3, 0.4) is 0 Å². The molecule has 7 aromatic heterocycles. The first-order valence-electron chi connectivity index (χ1n) is 36.7. The SMILES string of the molecule is CC1(c2ccccc2)c2ccccc2-c2c1ccc1c2c2ccccc2n1-c1ccc2sc3cccc(-c4nc(-c5ccccc5)nc(-c5cccc(-c6ccc(-c7nc(-c8ccccc8)nc(-c8ccccc8)n7)c7c6oc6ccc(-n8c9ccccc9c9c%10c(ccc98)oc8ccccc8%10)cc67)c5)n4)c3c2c1. The maximum atomic E-state index is 7.33. The maximum absolute atomic E-state index is 7.33. The molecule has 508 valence electrons. The van der Waals surface area contributed by atoms with Gasteiger partial charge in [0.2, 0.25) is 0 Å². The minimum atomic E-state index is -0.334. The van der Waals surface area contributed by atoms with Crippen molar-refractivity contribution >= 4 is 119 Å². The molecule has 109 heavy (non-hydrogen) atoms. The molecule has 0 fully saturated rings. The number of hydrogen-bond donors (Lipinski definition) is 0. The van der Waals surface area contributed by atoms with Gasteiger partial charge < -0.3 is 18.0 Å². The van der Waals surface area contributed by atoms with Crippen LogP contribution in [-0.4, -0.2) is 39.0 Å². The van der Waals surface area contributed by atoms with Crippen LogP contribution in [0.25, 0.3) is 210 Å². The van der Waals surface area contributed by atoms with E-state index in [1.807, 2.05) is 91.0 Å². The van der Waals surface area contributed by atoms with E-state index in [4.69, 9.17) is 38.7 Å². The van der Waals surface area contributed by atoms with E-state index in [9.17, 15) is 0 Å². The van der Waals surface area contributed by atoms with Crippen LogP contribution in [0.4, 0.5) is 0 Å². The fraction of sp³-hybridized carbons (Fsp3) is 0.0204. The highest BCUT2D eigenvalue weighted by Crippen LogP contribution is 2.57. The minimum absolute atomic E-state index is 0.334. The molecule has 1 aliphatic carbocycles. The first-order valence-corrected chi connectivity index (χ1v) is 37.5. The Morgan fingerprint density at radius 1 is 0.275 bits per heavy atom. The summed E-state index contributed by atoms with van der Waals surface area (Å²) >= 11 is 1.79. The summed E-state index contributed by atoms with van der Waals surface area (Å²) < 4.78 is 21.0. The number of aromatic nitrogens is 8. The number of nitrogens with zero attached hydrogens (tertiary/aromatic N) is 8. The van der Waals surface area contributed by atoms with Crippen molar-refractivity contribution in [1.82, 2.24) is 39.0 Å². The van der Waals surface area contributed by atoms with Gasteiger partial charge in [0.1, 0.15) is 22.3 Å². The third-order valence-electron chi connectivity index (χ3n) is 22.5. The summed E-state index contributed by atoms with van der Waals surface area (Å²) in [6.45, 7) is 2.39. The maximum Gasteiger partial charge on any atom is 0.164 e. The molecule has 0 aliphatic heterocycles. The van der Waals surface area contributed by atoms with Gasteiger partial charge in [-0.05, 0) is 137 Å². The van der Waals surface area contributed by atoms with Gasteiger partial charge in [-0.15, -0.1) is 11.3 Å². The van der Waals surface area contributed by atoms with Crippen LogP contribution < -0.4 is 0 Å². The van der Waals surface area contributed by atoms with Gasteiger partial charge in [0, 0.05) is 119 Å². The van der Waals surface area contributed by atoms with Crippen LogP contribution in [0, 0.1) is 0 Å². The van der Waals surface area contributed by atoms with Gasteiger partial charge in [-0.25, -0.2) is 29.9 Å². The van der Waals surface area contributed by atoms with E-state index < -0.39 is 0 Å². The second kappa shape index (κ2) is 23.6. The average Bonchev–Trinajstić information content (AvgIpc) is 1.54. The number of para-hydroxylation sites is 3. The topological polar surface area (TPSA) is 113 Å². The summed E-state index contributed by atoms with van der Waals surface area (Å²) in [5, 5.41) is 10.9. The van der Waals surface area contributed by atoms with E-state index in [1.54, 1.807) is 11.3 Å². The predicted molar refractivity (Wildman–Crippen MR) is 445 cm³/mol. The van der Waals surface area contributed by atoms with Crippen molar-refractivity contribution in [2.24, 2.45) is 0 Å². The summed E-state index contributed by atoms with van der Waals surface area (Å²) in [5.41, 5.74) is 22.7. The first-order chi connectivity index (χ1) is 53.9. The highest BCUT2D eigenvalue weighted by atomic mass is 32.1. The van der Waals surface area contributed by atoms with Crippen molar-refractivity contribution in [3.05, 3.63) is 350 Å². The summed E-state index contributed by atoms with van der Waals surface area (Å²) in [6, 6.07) is 118. The molecule has 1 aliphatic rings. The Morgan fingerprint density at radius 3 is 1.47 bits per heavy atom. The highest BCUT2D eigenvalue weighted by molar-refractivity contribution is 7.26. The molecule has 0 saturated heterocycles. The number of benzene rings is 15. The molecule has 0 amide bonds. The zero-order valence-electron chi connectivity index (χ0n) is 58.6. The molecule has 0 bridgehead atoms. The third-order valence-corrected chi connectivity index (χ3v) is 23.7. The minimum Gasteiger partial charge on any atom is -0.456 e. The van der Waals surface area contributed by atoms with E-state index in [0.717, 1.165) is 137 Å². The van der Waals surface area contributed by atoms with Gasteiger partial charge in [0.15, 0.2) is 34.9 Å². The summed E-state index contributed by atoms with van der Waals surface area (Å²) in [4.78, 5) is 32.2. The van der Waals surface area contributed by atoms with Gasteiger partial charge in [0.25, 0.3) is 0 Å². The molecule has 1 unspecified atom stereocenters. The van der Waals surface area contributed by atoms with E-state index in [-0.39, 0.29) is 5.41 Å². The molecular weight excluding hydrogens is 1350 g/mol. The van der Waals surface area contributed by atoms with Crippen molar-refractivity contribution in [2.45, 2.75) is 12.3 Å². The lowest BCUT2D eigenvalue weighted by molar-refractivity contribution is 0.669. The fourth-order valence-corrected chi connectivity index (χ4v) is 18.7. The lowest BCUT2D eigenvalue weighted by Crippen LogP contribution is -2.22. The summed E-state index contributed by atoms with van der Waals surface area (Å²) in [5.74, 6) is 3.32. The summed E-state index contributed by atoms with van der Waals surface area (Å²) in [7, 11) is 0. The van der Waals surface area contributed by atoms with E-state index in [0.29, 0.717) is 46.1 Å². The first kappa shape index (κ1) is 61.1. The molecule has 0 saturated carbocycles. The van der Waals surface area contributed by atoms with Crippen LogP contribution in [0.5, 0.6) is 0 Å². The molecule has 0 N–H and O–H groups in total. The molecule has 0 radical (unpaired) electrons.